The van der Waals surface area contributed by atoms with Crippen LogP contribution in [0.5, 0.6) is 5.75 Å². The highest BCUT2D eigenvalue weighted by Crippen LogP contribution is 2.44. The molecule has 0 amide bonds. The first-order valence-corrected chi connectivity index (χ1v) is 9.69. The van der Waals surface area contributed by atoms with Gasteiger partial charge in [0.25, 0.3) is 0 Å². The van der Waals surface area contributed by atoms with Gasteiger partial charge in [0.2, 0.25) is 0 Å². The Morgan fingerprint density at radius 1 is 0.867 bits per heavy atom. The molecular formula is C24H17ClF4O. The normalized spacial score (nSPS) is 13.9. The van der Waals surface area contributed by atoms with Crippen molar-refractivity contribution in [3.63, 3.8) is 0 Å². The third-order valence-corrected chi connectivity index (χ3v) is 5.60. The summed E-state index contributed by atoms with van der Waals surface area (Å²) in [4.78, 5) is 0. The second kappa shape index (κ2) is 7.80. The van der Waals surface area contributed by atoms with Gasteiger partial charge in [-0.1, -0.05) is 35.9 Å². The topological polar surface area (TPSA) is 9.23 Å². The first kappa shape index (κ1) is 20.5. The minimum absolute atomic E-state index is 0.265. The summed E-state index contributed by atoms with van der Waals surface area (Å²) in [6.45, 7) is 0. The number of methoxy groups -OCH3 is 1. The molecule has 0 bridgehead atoms. The van der Waals surface area contributed by atoms with Gasteiger partial charge in [0.1, 0.15) is 11.6 Å². The number of benzene rings is 3. The van der Waals surface area contributed by atoms with E-state index in [4.69, 9.17) is 16.3 Å². The van der Waals surface area contributed by atoms with Crippen molar-refractivity contribution in [2.45, 2.75) is 19.0 Å². The summed E-state index contributed by atoms with van der Waals surface area (Å²) in [5.41, 5.74) is 4.16. The zero-order chi connectivity index (χ0) is 21.5. The maximum atomic E-state index is 13.6. The minimum atomic E-state index is -4.41. The van der Waals surface area contributed by atoms with Gasteiger partial charge < -0.3 is 4.74 Å². The monoisotopic (exact) mass is 432 g/mol. The predicted octanol–water partition coefficient (Wildman–Crippen LogP) is 7.41. The van der Waals surface area contributed by atoms with E-state index in [0.29, 0.717) is 23.3 Å². The number of ether oxygens (including phenoxy) is 1. The highest BCUT2D eigenvalue weighted by molar-refractivity contribution is 6.32. The fraction of sp³-hybridized carbons (Fsp3) is 0.167. The number of hydrogen-bond donors (Lipinski definition) is 0. The second-order valence-corrected chi connectivity index (χ2v) is 7.48. The van der Waals surface area contributed by atoms with Gasteiger partial charge in [0.05, 0.1) is 17.7 Å². The molecule has 3 aromatic rings. The number of allylic oxidation sites excluding steroid dienone is 1. The second-order valence-electron chi connectivity index (χ2n) is 7.08. The van der Waals surface area contributed by atoms with E-state index in [9.17, 15) is 17.6 Å². The number of hydrogen-bond acceptors (Lipinski definition) is 1. The molecule has 0 N–H and O–H groups in total. The van der Waals surface area contributed by atoms with Gasteiger partial charge in [-0.25, -0.2) is 4.39 Å². The van der Waals surface area contributed by atoms with E-state index >= 15 is 0 Å². The minimum Gasteiger partial charge on any atom is -0.497 e. The van der Waals surface area contributed by atoms with Crippen LogP contribution < -0.4 is 4.74 Å². The van der Waals surface area contributed by atoms with Crippen LogP contribution >= 0.6 is 11.6 Å². The molecule has 0 radical (unpaired) electrons. The van der Waals surface area contributed by atoms with E-state index in [1.165, 1.54) is 24.3 Å². The van der Waals surface area contributed by atoms with Crippen molar-refractivity contribution in [3.8, 4) is 5.75 Å². The summed E-state index contributed by atoms with van der Waals surface area (Å²) in [5, 5.41) is 0.265. The summed E-state index contributed by atoms with van der Waals surface area (Å²) < 4.78 is 58.1. The Labute approximate surface area is 176 Å². The van der Waals surface area contributed by atoms with Crippen molar-refractivity contribution in [1.29, 1.82) is 0 Å². The molecule has 0 unspecified atom stereocenters. The van der Waals surface area contributed by atoms with Gasteiger partial charge in [-0.2, -0.15) is 13.2 Å². The molecule has 0 heterocycles. The maximum absolute atomic E-state index is 13.6. The Bertz CT molecular complexity index is 1130. The number of fused-ring (bicyclic) bond motifs is 1. The first-order chi connectivity index (χ1) is 14.3. The van der Waals surface area contributed by atoms with Crippen LogP contribution in [0, 0.1) is 5.82 Å². The zero-order valence-electron chi connectivity index (χ0n) is 16.0. The highest BCUT2D eigenvalue weighted by Gasteiger charge is 2.31. The molecule has 1 aliphatic rings. The standard InChI is InChI=1S/C24H17ClF4O/c1-30-18-9-4-14-5-10-20(19-11-8-17(26)12-22(19)25)23(21(14)13-18)15-2-6-16(7-3-15)24(27,28)29/h2-4,6-9,11-13H,5,10H2,1H3. The molecule has 0 aromatic heterocycles. The molecule has 0 aliphatic heterocycles. The van der Waals surface area contributed by atoms with Crippen molar-refractivity contribution in [1.82, 2.24) is 0 Å². The van der Waals surface area contributed by atoms with Crippen LogP contribution in [0.1, 0.15) is 34.2 Å². The molecule has 6 heteroatoms. The van der Waals surface area contributed by atoms with Gasteiger partial charge in [-0.15, -0.1) is 0 Å². The Morgan fingerprint density at radius 2 is 1.60 bits per heavy atom. The van der Waals surface area contributed by atoms with Crippen molar-refractivity contribution in [2.75, 3.05) is 7.11 Å². The summed E-state index contributed by atoms with van der Waals surface area (Å²) in [7, 11) is 1.56. The van der Waals surface area contributed by atoms with Gasteiger partial charge in [0.15, 0.2) is 0 Å². The molecular weight excluding hydrogens is 416 g/mol. The van der Waals surface area contributed by atoms with Crippen LogP contribution in [-0.2, 0) is 12.6 Å². The summed E-state index contributed by atoms with van der Waals surface area (Å²) in [5.74, 6) is 0.197. The fourth-order valence-corrected chi connectivity index (χ4v) is 4.12. The smallest absolute Gasteiger partial charge is 0.416 e. The van der Waals surface area contributed by atoms with Crippen molar-refractivity contribution >= 4 is 22.7 Å². The lowest BCUT2D eigenvalue weighted by atomic mass is 9.79. The predicted molar refractivity (Wildman–Crippen MR) is 110 cm³/mol. The average Bonchev–Trinajstić information content (AvgIpc) is 2.72. The summed E-state index contributed by atoms with van der Waals surface area (Å²) >= 11 is 6.34. The number of aryl methyl sites for hydroxylation is 1. The van der Waals surface area contributed by atoms with Crippen LogP contribution in [0.25, 0.3) is 11.1 Å². The van der Waals surface area contributed by atoms with E-state index < -0.39 is 17.6 Å². The van der Waals surface area contributed by atoms with Crippen molar-refractivity contribution < 1.29 is 22.3 Å². The number of alkyl halides is 3. The van der Waals surface area contributed by atoms with Gasteiger partial charge in [0, 0.05) is 0 Å². The lowest BCUT2D eigenvalue weighted by Crippen LogP contribution is -2.08. The third-order valence-electron chi connectivity index (χ3n) is 5.29. The van der Waals surface area contributed by atoms with Gasteiger partial charge in [-0.05, 0) is 82.6 Å². The number of rotatable bonds is 3. The summed E-state index contributed by atoms with van der Waals surface area (Å²) in [6, 6.07) is 15.0. The lowest BCUT2D eigenvalue weighted by molar-refractivity contribution is -0.137. The Hall–Kier alpha value is -2.79. The molecule has 0 fully saturated rings. The quantitative estimate of drug-likeness (QED) is 0.391. The average molecular weight is 433 g/mol. The van der Waals surface area contributed by atoms with Crippen molar-refractivity contribution in [3.05, 3.63) is 99.3 Å². The van der Waals surface area contributed by atoms with Gasteiger partial charge >= 0.3 is 6.18 Å². The summed E-state index contributed by atoms with van der Waals surface area (Å²) in [6.07, 6.45) is -3.06. The molecule has 1 nitrogen and oxygen atoms in total. The molecule has 30 heavy (non-hydrogen) atoms. The van der Waals surface area contributed by atoms with Crippen LogP contribution in [0.4, 0.5) is 17.6 Å². The molecule has 0 atom stereocenters. The molecule has 0 saturated carbocycles. The zero-order valence-corrected chi connectivity index (χ0v) is 16.7. The van der Waals surface area contributed by atoms with E-state index in [1.807, 2.05) is 18.2 Å². The van der Waals surface area contributed by atoms with Crippen LogP contribution in [0.15, 0.2) is 60.7 Å². The fourth-order valence-electron chi connectivity index (χ4n) is 3.84. The molecule has 1 aliphatic carbocycles. The SMILES string of the molecule is COc1ccc2c(c1)C(c1ccc(C(F)(F)F)cc1)=C(c1ccc(F)cc1Cl)CC2. The van der Waals surface area contributed by atoms with Gasteiger partial charge in [-0.3, -0.25) is 0 Å². The van der Waals surface area contributed by atoms with E-state index in [1.54, 1.807) is 13.2 Å². The first-order valence-electron chi connectivity index (χ1n) is 9.31. The van der Waals surface area contributed by atoms with Crippen LogP contribution in [0.2, 0.25) is 5.02 Å². The lowest BCUT2D eigenvalue weighted by Gasteiger charge is -2.26. The van der Waals surface area contributed by atoms with E-state index in [2.05, 4.69) is 0 Å². The maximum Gasteiger partial charge on any atom is 0.416 e. The van der Waals surface area contributed by atoms with Crippen LogP contribution in [-0.4, -0.2) is 7.11 Å². The largest absolute Gasteiger partial charge is 0.497 e. The highest BCUT2D eigenvalue weighted by atomic mass is 35.5. The number of halogens is 5. The van der Waals surface area contributed by atoms with Crippen LogP contribution in [0.3, 0.4) is 0 Å². The van der Waals surface area contributed by atoms with Crippen molar-refractivity contribution in [2.24, 2.45) is 0 Å². The molecule has 3 aromatic carbocycles. The van der Waals surface area contributed by atoms with E-state index in [0.717, 1.165) is 40.8 Å². The Morgan fingerprint density at radius 3 is 2.23 bits per heavy atom. The molecule has 0 saturated heterocycles. The molecule has 0 spiro atoms. The van der Waals surface area contributed by atoms with E-state index in [-0.39, 0.29) is 5.02 Å². The Kier molecular flexibility index (Phi) is 5.33. The molecule has 154 valence electrons. The Balaban J connectivity index is 1.97. The third kappa shape index (κ3) is 3.82. The molecule has 4 rings (SSSR count).